The molecule has 0 amide bonds. The molecule has 1 saturated carbocycles. The molecule has 1 aliphatic carbocycles. The Labute approximate surface area is 64.5 Å². The maximum Gasteiger partial charge on any atom is 0.0540 e. The van der Waals surface area contributed by atoms with Gasteiger partial charge in [0.05, 0.1) is 6.10 Å². The van der Waals surface area contributed by atoms with Crippen molar-refractivity contribution in [1.82, 2.24) is 0 Å². The van der Waals surface area contributed by atoms with Crippen molar-refractivity contribution in [3.05, 3.63) is 0 Å². The van der Waals surface area contributed by atoms with E-state index in [0.29, 0.717) is 5.92 Å². The lowest BCUT2D eigenvalue weighted by Gasteiger charge is -2.10. The second-order valence-corrected chi connectivity index (χ2v) is 2.79. The van der Waals surface area contributed by atoms with Gasteiger partial charge < -0.3 is 5.11 Å². The molecule has 1 aliphatic rings. The smallest absolute Gasteiger partial charge is 0.0540 e. The summed E-state index contributed by atoms with van der Waals surface area (Å²) in [5.41, 5.74) is 0. The zero-order valence-electron chi connectivity index (χ0n) is 7.43. The zero-order chi connectivity index (χ0) is 7.98. The van der Waals surface area contributed by atoms with E-state index in [0.717, 1.165) is 0 Å². The topological polar surface area (TPSA) is 20.2 Å². The van der Waals surface area contributed by atoms with Gasteiger partial charge in [0.15, 0.2) is 0 Å². The van der Waals surface area contributed by atoms with Crippen molar-refractivity contribution in [2.24, 2.45) is 5.92 Å². The van der Waals surface area contributed by atoms with Gasteiger partial charge in [0.25, 0.3) is 0 Å². The third kappa shape index (κ3) is 3.21. The molecule has 10 heavy (non-hydrogen) atoms. The second-order valence-electron chi connectivity index (χ2n) is 2.79. The first-order valence-corrected chi connectivity index (χ1v) is 4.49. The minimum atomic E-state index is -0.0579. The number of aliphatic hydroxyl groups excluding tert-OH is 1. The van der Waals surface area contributed by atoms with Crippen LogP contribution in [-0.2, 0) is 0 Å². The van der Waals surface area contributed by atoms with Crippen LogP contribution in [0.5, 0.6) is 0 Å². The van der Waals surface area contributed by atoms with Crippen LogP contribution in [0.4, 0.5) is 0 Å². The van der Waals surface area contributed by atoms with Crippen LogP contribution in [0, 0.1) is 5.92 Å². The summed E-state index contributed by atoms with van der Waals surface area (Å²) in [5.74, 6) is 0.620. The number of hydrogen-bond donors (Lipinski definition) is 1. The maximum atomic E-state index is 9.05. The van der Waals surface area contributed by atoms with Crippen molar-refractivity contribution in [3.63, 3.8) is 0 Å². The van der Waals surface area contributed by atoms with Gasteiger partial charge in [0.1, 0.15) is 0 Å². The average molecular weight is 144 g/mol. The van der Waals surface area contributed by atoms with Crippen LogP contribution in [0.3, 0.4) is 0 Å². The Morgan fingerprint density at radius 3 is 1.80 bits per heavy atom. The lowest BCUT2D eigenvalue weighted by molar-refractivity contribution is 0.129. The van der Waals surface area contributed by atoms with E-state index in [4.69, 9.17) is 5.11 Å². The van der Waals surface area contributed by atoms with E-state index in [9.17, 15) is 0 Å². The van der Waals surface area contributed by atoms with Crippen LogP contribution in [0.25, 0.3) is 0 Å². The molecule has 0 spiro atoms. The predicted molar refractivity (Wildman–Crippen MR) is 45.0 cm³/mol. The summed E-state index contributed by atoms with van der Waals surface area (Å²) in [4.78, 5) is 0. The Bertz CT molecular complexity index is 63.1. The molecule has 0 aromatic heterocycles. The molecule has 0 radical (unpaired) electrons. The molecule has 0 heterocycles. The summed E-state index contributed by atoms with van der Waals surface area (Å²) in [6.07, 6.45) is 5.10. The monoisotopic (exact) mass is 144 g/mol. The highest BCUT2D eigenvalue weighted by atomic mass is 16.3. The van der Waals surface area contributed by atoms with E-state index >= 15 is 0 Å². The minimum Gasteiger partial charge on any atom is -0.393 e. The van der Waals surface area contributed by atoms with Gasteiger partial charge in [-0.15, -0.1) is 0 Å². The van der Waals surface area contributed by atoms with Gasteiger partial charge in [-0.25, -0.2) is 0 Å². The SMILES string of the molecule is CC.CC(O)C1CCCC1. The number of aliphatic hydroxyl groups is 1. The highest BCUT2D eigenvalue weighted by Gasteiger charge is 2.18. The Hall–Kier alpha value is -0.0400. The molecule has 0 saturated heterocycles. The third-order valence-electron chi connectivity index (χ3n) is 2.08. The van der Waals surface area contributed by atoms with Crippen molar-refractivity contribution in [2.75, 3.05) is 0 Å². The first kappa shape index (κ1) is 9.96. The van der Waals surface area contributed by atoms with Crippen molar-refractivity contribution in [3.8, 4) is 0 Å². The van der Waals surface area contributed by atoms with Crippen LogP contribution in [0.2, 0.25) is 0 Å². The van der Waals surface area contributed by atoms with Crippen LogP contribution < -0.4 is 0 Å². The molecule has 1 N–H and O–H groups in total. The van der Waals surface area contributed by atoms with E-state index < -0.39 is 0 Å². The molecular formula is C9H20O. The molecule has 1 heteroatoms. The van der Waals surface area contributed by atoms with Gasteiger partial charge in [-0.3, -0.25) is 0 Å². The first-order valence-electron chi connectivity index (χ1n) is 4.49. The van der Waals surface area contributed by atoms with Crippen LogP contribution in [0.15, 0.2) is 0 Å². The van der Waals surface area contributed by atoms with Crippen LogP contribution in [0.1, 0.15) is 46.5 Å². The molecule has 1 fully saturated rings. The quantitative estimate of drug-likeness (QED) is 0.599. The zero-order valence-corrected chi connectivity index (χ0v) is 7.43. The molecule has 1 atom stereocenters. The van der Waals surface area contributed by atoms with Gasteiger partial charge >= 0.3 is 0 Å². The van der Waals surface area contributed by atoms with Gasteiger partial charge in [-0.05, 0) is 25.7 Å². The Morgan fingerprint density at radius 1 is 1.20 bits per heavy atom. The van der Waals surface area contributed by atoms with Gasteiger partial charge in [-0.2, -0.15) is 0 Å². The van der Waals surface area contributed by atoms with Gasteiger partial charge in [-0.1, -0.05) is 26.7 Å². The lowest BCUT2D eigenvalue weighted by Crippen LogP contribution is -2.11. The fourth-order valence-electron chi connectivity index (χ4n) is 1.44. The van der Waals surface area contributed by atoms with E-state index in [1.54, 1.807) is 0 Å². The molecule has 0 bridgehead atoms. The fourth-order valence-corrected chi connectivity index (χ4v) is 1.44. The molecule has 1 rings (SSSR count). The molecule has 0 aliphatic heterocycles. The van der Waals surface area contributed by atoms with Crippen molar-refractivity contribution in [1.29, 1.82) is 0 Å². The predicted octanol–water partition coefficient (Wildman–Crippen LogP) is 2.58. The molecule has 1 nitrogen and oxygen atoms in total. The third-order valence-corrected chi connectivity index (χ3v) is 2.08. The summed E-state index contributed by atoms with van der Waals surface area (Å²) in [6.45, 7) is 5.90. The highest BCUT2D eigenvalue weighted by Crippen LogP contribution is 2.27. The summed E-state index contributed by atoms with van der Waals surface area (Å²) in [5, 5.41) is 9.05. The van der Waals surface area contributed by atoms with E-state index in [2.05, 4.69) is 0 Å². The normalized spacial score (nSPS) is 21.6. The summed E-state index contributed by atoms with van der Waals surface area (Å²) in [7, 11) is 0. The fraction of sp³-hybridized carbons (Fsp3) is 1.00. The van der Waals surface area contributed by atoms with Crippen molar-refractivity contribution < 1.29 is 5.11 Å². The highest BCUT2D eigenvalue weighted by molar-refractivity contribution is 4.70. The van der Waals surface area contributed by atoms with Gasteiger partial charge in [0, 0.05) is 0 Å². The number of rotatable bonds is 1. The molecule has 1 unspecified atom stereocenters. The average Bonchev–Trinajstić information content (AvgIpc) is 2.42. The van der Waals surface area contributed by atoms with Crippen molar-refractivity contribution in [2.45, 2.75) is 52.6 Å². The standard InChI is InChI=1S/C7H14O.C2H6/c1-6(8)7-4-2-3-5-7;1-2/h6-8H,2-5H2,1H3;1-2H3. The lowest BCUT2D eigenvalue weighted by atomic mass is 10.0. The Kier molecular flexibility index (Phi) is 5.70. The first-order chi connectivity index (χ1) is 4.80. The molecule has 62 valence electrons. The summed E-state index contributed by atoms with van der Waals surface area (Å²) < 4.78 is 0. The van der Waals surface area contributed by atoms with E-state index in [1.807, 2.05) is 20.8 Å². The molecule has 0 aromatic carbocycles. The van der Waals surface area contributed by atoms with E-state index in [-0.39, 0.29) is 6.10 Å². The van der Waals surface area contributed by atoms with Crippen LogP contribution in [-0.4, -0.2) is 11.2 Å². The maximum absolute atomic E-state index is 9.05. The molecule has 0 aromatic rings. The van der Waals surface area contributed by atoms with Crippen molar-refractivity contribution >= 4 is 0 Å². The second kappa shape index (κ2) is 5.72. The Balaban J connectivity index is 0.000000371. The number of hydrogen-bond acceptors (Lipinski definition) is 1. The largest absolute Gasteiger partial charge is 0.393 e. The molecular weight excluding hydrogens is 124 g/mol. The van der Waals surface area contributed by atoms with Gasteiger partial charge in [0.2, 0.25) is 0 Å². The summed E-state index contributed by atoms with van der Waals surface area (Å²) >= 11 is 0. The van der Waals surface area contributed by atoms with Crippen LogP contribution >= 0.6 is 0 Å². The summed E-state index contributed by atoms with van der Waals surface area (Å²) in [6, 6.07) is 0. The Morgan fingerprint density at radius 2 is 1.60 bits per heavy atom. The minimum absolute atomic E-state index is 0.0579. The van der Waals surface area contributed by atoms with E-state index in [1.165, 1.54) is 25.7 Å².